The van der Waals surface area contributed by atoms with Crippen LogP contribution in [0.5, 0.6) is 0 Å². The lowest BCUT2D eigenvalue weighted by Gasteiger charge is -2.16. The second-order valence-corrected chi connectivity index (χ2v) is 8.71. The number of carbonyl (C=O) groups excluding carboxylic acids is 1. The van der Waals surface area contributed by atoms with Crippen molar-refractivity contribution < 1.29 is 49.8 Å². The summed E-state index contributed by atoms with van der Waals surface area (Å²) in [6.45, 7) is 0. The maximum absolute atomic E-state index is 13.6. The molecule has 2 heterocycles. The Morgan fingerprint density at radius 3 is 2.00 bits per heavy atom. The summed E-state index contributed by atoms with van der Waals surface area (Å²) < 4.78 is 96.7. The highest BCUT2D eigenvalue weighted by molar-refractivity contribution is 7.89. The molecule has 0 atom stereocenters. The van der Waals surface area contributed by atoms with Crippen LogP contribution in [-0.2, 0) is 21.0 Å². The molecule has 12 nitrogen and oxygen atoms in total. The Labute approximate surface area is 206 Å². The molecular weight excluding hydrogens is 552 g/mol. The van der Waals surface area contributed by atoms with E-state index < -0.39 is 44.5 Å². The molecule has 4 aromatic rings. The molecule has 0 fully saturated rings. The third-order valence-corrected chi connectivity index (χ3v) is 5.69. The molecule has 0 amide bonds. The number of halogens is 6. The molecule has 0 aliphatic heterocycles. The Bertz CT molecular complexity index is 1610. The van der Waals surface area contributed by atoms with Gasteiger partial charge in [0.1, 0.15) is 16.0 Å². The predicted molar refractivity (Wildman–Crippen MR) is 112 cm³/mol. The molecule has 6 N–H and O–H groups in total. The number of aliphatic carboxylic acids is 1. The first kappa shape index (κ1) is 28.1. The van der Waals surface area contributed by atoms with Gasteiger partial charge in [-0.25, -0.2) is 18.4 Å². The fourth-order valence-electron chi connectivity index (χ4n) is 3.18. The van der Waals surface area contributed by atoms with Crippen molar-refractivity contribution in [3.05, 3.63) is 58.6 Å². The van der Waals surface area contributed by atoms with Crippen LogP contribution in [0.15, 0.2) is 52.3 Å². The maximum Gasteiger partial charge on any atom is 0.430 e. The minimum absolute atomic E-state index is 0.122. The zero-order valence-corrected chi connectivity index (χ0v) is 19.0. The Hall–Kier alpha value is -4.52. The number of imidazole rings is 1. The lowest BCUT2D eigenvalue weighted by molar-refractivity contribution is -0.444. The van der Waals surface area contributed by atoms with Crippen molar-refractivity contribution >= 4 is 16.0 Å². The van der Waals surface area contributed by atoms with Crippen molar-refractivity contribution in [2.45, 2.75) is 17.2 Å². The van der Waals surface area contributed by atoms with Gasteiger partial charge in [-0.15, -0.1) is 0 Å². The van der Waals surface area contributed by atoms with E-state index in [0.717, 1.165) is 6.07 Å². The van der Waals surface area contributed by atoms with Gasteiger partial charge in [0.05, 0.1) is 16.8 Å². The molecule has 2 aromatic carbocycles. The van der Waals surface area contributed by atoms with Gasteiger partial charge in [-0.1, -0.05) is 35.5 Å². The summed E-state index contributed by atoms with van der Waals surface area (Å²) in [6, 6.07) is 8.11. The highest BCUT2D eigenvalue weighted by atomic mass is 32.2. The summed E-state index contributed by atoms with van der Waals surface area (Å²) >= 11 is 0. The van der Waals surface area contributed by atoms with Crippen LogP contribution >= 0.6 is 0 Å². The van der Waals surface area contributed by atoms with Gasteiger partial charge in [0, 0.05) is 6.20 Å². The third-order valence-electron chi connectivity index (χ3n) is 4.69. The number of nitrogens with two attached hydrogens (primary N) is 1. The van der Waals surface area contributed by atoms with E-state index in [4.69, 9.17) is 15.0 Å². The van der Waals surface area contributed by atoms with Crippen LogP contribution in [0.25, 0.3) is 33.8 Å². The number of primary sulfonamides is 1. The smallest absolute Gasteiger partial charge is 0.430 e. The van der Waals surface area contributed by atoms with E-state index in [2.05, 4.69) is 30.6 Å². The number of carboxylic acid groups (broad SMARTS) is 1. The number of hydrogen-bond donors (Lipinski definition) is 4. The van der Waals surface area contributed by atoms with Gasteiger partial charge in [0.15, 0.2) is 5.21 Å². The van der Waals surface area contributed by atoms with E-state index in [1.807, 2.05) is 0 Å². The van der Waals surface area contributed by atoms with Crippen LogP contribution in [0.2, 0.25) is 0 Å². The predicted octanol–water partition coefficient (Wildman–Crippen LogP) is 0.601. The van der Waals surface area contributed by atoms with Crippen LogP contribution < -0.4 is 21.0 Å². The second-order valence-electron chi connectivity index (χ2n) is 7.21. The van der Waals surface area contributed by atoms with E-state index in [-0.39, 0.29) is 17.0 Å². The monoisotopic (exact) mass is 565 g/mol. The lowest BCUT2D eigenvalue weighted by atomic mass is 9.95. The summed E-state index contributed by atoms with van der Waals surface area (Å²) in [6.07, 6.45) is -8.72. The number of nitrogens with one attached hydrogen (secondary N) is 4. The fraction of sp³-hybridized carbons (Fsp3) is 0.105. The van der Waals surface area contributed by atoms with Crippen LogP contribution in [-0.4, -0.2) is 46.1 Å². The standard InChI is InChI=1S/C17H12F3N7O3S.C2HF3O2/c18-17(19,20)11-6-5-10(13(14(11)31(21,29)30)15-24-26-27-25-15)8-1-3-9(4-2-8)12-7-22-16(28)23-12;3-2(4,5)1(6)7/h1-7H,(H2,21,29,30)(H2,22,23,28)(H,24,25,26,27);(H,6,7). The molecule has 4 rings (SSSR count). The zero-order valence-electron chi connectivity index (χ0n) is 18.2. The van der Waals surface area contributed by atoms with Gasteiger partial charge in [-0.3, -0.25) is 0 Å². The minimum atomic E-state index is -5.19. The van der Waals surface area contributed by atoms with Crippen LogP contribution in [0.1, 0.15) is 5.56 Å². The molecule has 202 valence electrons. The maximum atomic E-state index is 13.6. The number of sulfonamides is 1. The number of nitrogens with zero attached hydrogens (tertiary/aromatic N) is 2. The van der Waals surface area contributed by atoms with Crippen LogP contribution in [0, 0.1) is 0 Å². The van der Waals surface area contributed by atoms with Crippen molar-refractivity contribution in [3.63, 3.8) is 0 Å². The molecule has 19 heteroatoms. The zero-order chi connectivity index (χ0) is 28.5. The molecular formula is C19H13F6N7O5S. The third kappa shape index (κ3) is 6.24. The second kappa shape index (κ2) is 10.1. The SMILES string of the molecule is NS(=O)(=O)c1c(C(F)(F)F)ccc(-c2ccc(-c3c[nH]c(=O)[nH]3)cc2)c1-c1nn[nH][nH+]1.O=C([O-])C(F)(F)F. The normalized spacial score (nSPS) is 12.1. The Kier molecular flexibility index (Phi) is 7.45. The first-order chi connectivity index (χ1) is 17.5. The number of H-pyrrole nitrogens is 4. The number of alkyl halides is 6. The molecule has 0 aliphatic carbocycles. The van der Waals surface area contributed by atoms with Gasteiger partial charge in [0.25, 0.3) is 0 Å². The summed E-state index contributed by atoms with van der Waals surface area (Å²) in [5.74, 6) is -3.25. The van der Waals surface area contributed by atoms with E-state index in [1.165, 1.54) is 6.20 Å². The highest BCUT2D eigenvalue weighted by Gasteiger charge is 2.40. The summed E-state index contributed by atoms with van der Waals surface area (Å²) in [7, 11) is -4.82. The molecule has 0 unspecified atom stereocenters. The number of carbonyl (C=O) groups is 1. The molecule has 0 spiro atoms. The van der Waals surface area contributed by atoms with Gasteiger partial charge in [-0.2, -0.15) is 31.4 Å². The van der Waals surface area contributed by atoms with E-state index >= 15 is 0 Å². The molecule has 2 aromatic heterocycles. The van der Waals surface area contributed by atoms with Crippen molar-refractivity contribution in [2.75, 3.05) is 0 Å². The molecule has 0 saturated heterocycles. The quantitative estimate of drug-likeness (QED) is 0.259. The van der Waals surface area contributed by atoms with Gasteiger partial charge in [0.2, 0.25) is 10.0 Å². The number of aromatic nitrogens is 6. The first-order valence-corrected chi connectivity index (χ1v) is 11.3. The first-order valence-electron chi connectivity index (χ1n) is 9.73. The molecule has 38 heavy (non-hydrogen) atoms. The summed E-state index contributed by atoms with van der Waals surface area (Å²) in [4.78, 5) is 24.0. The van der Waals surface area contributed by atoms with Crippen molar-refractivity contribution in [1.29, 1.82) is 0 Å². The molecule has 0 bridgehead atoms. The Balaban J connectivity index is 0.000000505. The fourth-order valence-corrected chi connectivity index (χ4v) is 4.17. The van der Waals surface area contributed by atoms with Crippen molar-refractivity contribution in [3.8, 4) is 33.8 Å². The Morgan fingerprint density at radius 1 is 1.00 bits per heavy atom. The topological polar surface area (TPSA) is 205 Å². The van der Waals surface area contributed by atoms with Gasteiger partial charge in [-0.05, 0) is 22.8 Å². The Morgan fingerprint density at radius 2 is 1.58 bits per heavy atom. The average molecular weight is 565 g/mol. The molecule has 0 saturated carbocycles. The number of carboxylic acids is 1. The van der Waals surface area contributed by atoms with Crippen molar-refractivity contribution in [1.82, 2.24) is 25.5 Å². The van der Waals surface area contributed by atoms with Crippen LogP contribution in [0.3, 0.4) is 0 Å². The molecule has 0 aliphatic rings. The van der Waals surface area contributed by atoms with Crippen molar-refractivity contribution in [2.24, 2.45) is 5.14 Å². The highest BCUT2D eigenvalue weighted by Crippen LogP contribution is 2.42. The molecule has 0 radical (unpaired) electrons. The number of rotatable bonds is 4. The van der Waals surface area contributed by atoms with E-state index in [1.54, 1.807) is 24.3 Å². The van der Waals surface area contributed by atoms with E-state index in [0.29, 0.717) is 22.9 Å². The number of aromatic amines is 4. The lowest BCUT2D eigenvalue weighted by Crippen LogP contribution is -2.37. The minimum Gasteiger partial charge on any atom is -0.542 e. The van der Waals surface area contributed by atoms with Gasteiger partial charge >= 0.3 is 23.9 Å². The largest absolute Gasteiger partial charge is 0.542 e. The number of hydrogen-bond acceptors (Lipinski definition) is 7. The van der Waals surface area contributed by atoms with Gasteiger partial charge < -0.3 is 19.9 Å². The number of tetrazole rings is 1. The summed E-state index contributed by atoms with van der Waals surface area (Å²) in [5, 5.41) is 25.7. The number of benzene rings is 2. The van der Waals surface area contributed by atoms with Crippen LogP contribution in [0.4, 0.5) is 26.3 Å². The average Bonchev–Trinajstić information content (AvgIpc) is 3.49. The summed E-state index contributed by atoms with van der Waals surface area (Å²) in [5.41, 5.74) is -0.582. The van der Waals surface area contributed by atoms with E-state index in [9.17, 15) is 39.6 Å².